The third kappa shape index (κ3) is 2.97. The fourth-order valence-corrected chi connectivity index (χ4v) is 2.55. The first-order valence-corrected chi connectivity index (χ1v) is 7.25. The summed E-state index contributed by atoms with van der Waals surface area (Å²) >= 11 is 0. The van der Waals surface area contributed by atoms with E-state index in [1.54, 1.807) is 13.8 Å². The molecule has 0 aliphatic rings. The topological polar surface area (TPSA) is 98.2 Å². The molecule has 2 rings (SSSR count). The minimum atomic E-state index is -3.80. The van der Waals surface area contributed by atoms with Gasteiger partial charge in [-0.25, -0.2) is 22.5 Å². The van der Waals surface area contributed by atoms with Gasteiger partial charge in [-0.1, -0.05) is 0 Å². The molecule has 1 aromatic carbocycles. The third-order valence-corrected chi connectivity index (χ3v) is 4.16. The Morgan fingerprint density at radius 3 is 2.65 bits per heavy atom. The van der Waals surface area contributed by atoms with E-state index in [0.29, 0.717) is 11.5 Å². The standard InChI is InChI=1S/C12H14FN3O3S/c1-7-8(2)19-12(16-7)6-15-20(17,18)9-3-4-10(13)11(14)5-9/h3-5,15H,6,14H2,1-2H3. The maximum absolute atomic E-state index is 13.0. The Morgan fingerprint density at radius 1 is 1.40 bits per heavy atom. The largest absolute Gasteiger partial charge is 0.444 e. The summed E-state index contributed by atoms with van der Waals surface area (Å²) < 4.78 is 44.6. The number of hydrogen-bond acceptors (Lipinski definition) is 5. The number of oxazole rings is 1. The lowest BCUT2D eigenvalue weighted by atomic mass is 10.3. The molecule has 0 saturated carbocycles. The van der Waals surface area contributed by atoms with E-state index in [-0.39, 0.29) is 23.0 Å². The summed E-state index contributed by atoms with van der Waals surface area (Å²) in [7, 11) is -3.80. The van der Waals surface area contributed by atoms with Gasteiger partial charge in [0.2, 0.25) is 15.9 Å². The number of nitrogens with one attached hydrogen (secondary N) is 1. The van der Waals surface area contributed by atoms with Crippen molar-refractivity contribution in [2.75, 3.05) is 5.73 Å². The number of nitrogens with two attached hydrogens (primary N) is 1. The van der Waals surface area contributed by atoms with E-state index in [0.717, 1.165) is 18.2 Å². The van der Waals surface area contributed by atoms with Crippen molar-refractivity contribution in [3.05, 3.63) is 41.4 Å². The highest BCUT2D eigenvalue weighted by Crippen LogP contribution is 2.17. The van der Waals surface area contributed by atoms with E-state index in [2.05, 4.69) is 9.71 Å². The summed E-state index contributed by atoms with van der Waals surface area (Å²) in [5.41, 5.74) is 5.82. The van der Waals surface area contributed by atoms with Crippen molar-refractivity contribution < 1.29 is 17.2 Å². The lowest BCUT2D eigenvalue weighted by molar-refractivity contribution is 0.463. The molecule has 3 N–H and O–H groups in total. The summed E-state index contributed by atoms with van der Waals surface area (Å²) in [4.78, 5) is 3.95. The number of nitrogens with zero attached hydrogens (tertiary/aromatic N) is 1. The van der Waals surface area contributed by atoms with E-state index in [9.17, 15) is 12.8 Å². The van der Waals surface area contributed by atoms with E-state index < -0.39 is 15.8 Å². The molecule has 0 aliphatic carbocycles. The van der Waals surface area contributed by atoms with Gasteiger partial charge in [-0.15, -0.1) is 0 Å². The second-order valence-corrected chi connectivity index (χ2v) is 6.02. The molecule has 0 amide bonds. The molecule has 0 spiro atoms. The molecule has 2 aromatic rings. The smallest absolute Gasteiger partial charge is 0.241 e. The average Bonchev–Trinajstić information content (AvgIpc) is 2.70. The molecular formula is C12H14FN3O3S. The normalized spacial score (nSPS) is 11.8. The van der Waals surface area contributed by atoms with E-state index in [4.69, 9.17) is 10.2 Å². The first kappa shape index (κ1) is 14.5. The molecule has 0 saturated heterocycles. The van der Waals surface area contributed by atoms with E-state index >= 15 is 0 Å². The van der Waals surface area contributed by atoms with Crippen LogP contribution in [0.5, 0.6) is 0 Å². The minimum absolute atomic E-state index is 0.0890. The molecule has 1 aromatic heterocycles. The lowest BCUT2D eigenvalue weighted by Crippen LogP contribution is -2.23. The van der Waals surface area contributed by atoms with Gasteiger partial charge < -0.3 is 10.2 Å². The van der Waals surface area contributed by atoms with Crippen LogP contribution in [0, 0.1) is 19.7 Å². The maximum Gasteiger partial charge on any atom is 0.241 e. The highest BCUT2D eigenvalue weighted by Gasteiger charge is 2.17. The predicted molar refractivity (Wildman–Crippen MR) is 70.8 cm³/mol. The summed E-state index contributed by atoms with van der Waals surface area (Å²) in [6.45, 7) is 3.41. The van der Waals surface area contributed by atoms with Crippen LogP contribution in [0.1, 0.15) is 17.3 Å². The highest BCUT2D eigenvalue weighted by atomic mass is 32.2. The molecule has 20 heavy (non-hydrogen) atoms. The Hall–Kier alpha value is -1.93. The molecule has 0 fully saturated rings. The molecular weight excluding hydrogens is 285 g/mol. The summed E-state index contributed by atoms with van der Waals surface area (Å²) in [6, 6.07) is 3.20. The van der Waals surface area contributed by atoms with Gasteiger partial charge in [-0.2, -0.15) is 0 Å². The fourth-order valence-electron chi connectivity index (χ4n) is 1.54. The Labute approximate surface area is 115 Å². The zero-order chi connectivity index (χ0) is 14.9. The van der Waals surface area contributed by atoms with E-state index in [1.807, 2.05) is 0 Å². The van der Waals surface area contributed by atoms with Crippen LogP contribution in [-0.4, -0.2) is 13.4 Å². The van der Waals surface area contributed by atoms with Crippen molar-refractivity contribution >= 4 is 15.7 Å². The third-order valence-electron chi connectivity index (χ3n) is 2.76. The maximum atomic E-state index is 13.0. The van der Waals surface area contributed by atoms with Crippen molar-refractivity contribution in [1.29, 1.82) is 0 Å². The number of benzene rings is 1. The molecule has 1 heterocycles. The van der Waals surface area contributed by atoms with E-state index in [1.165, 1.54) is 0 Å². The molecule has 108 valence electrons. The second-order valence-electron chi connectivity index (χ2n) is 4.26. The number of rotatable bonds is 4. The number of halogens is 1. The van der Waals surface area contributed by atoms with Crippen LogP contribution in [0.25, 0.3) is 0 Å². The second kappa shape index (κ2) is 5.22. The van der Waals surface area contributed by atoms with Gasteiger partial charge in [0.1, 0.15) is 11.6 Å². The van der Waals surface area contributed by atoms with Crippen molar-refractivity contribution in [2.24, 2.45) is 0 Å². The van der Waals surface area contributed by atoms with Crippen LogP contribution in [0.2, 0.25) is 0 Å². The number of hydrogen-bond donors (Lipinski definition) is 2. The Bertz CT molecular complexity index is 721. The zero-order valence-electron chi connectivity index (χ0n) is 11.0. The first-order valence-electron chi connectivity index (χ1n) is 5.77. The summed E-state index contributed by atoms with van der Waals surface area (Å²) in [5, 5.41) is 0. The fraction of sp³-hybridized carbons (Fsp3) is 0.250. The molecule has 0 unspecified atom stereocenters. The van der Waals surface area contributed by atoms with Gasteiger partial charge >= 0.3 is 0 Å². The minimum Gasteiger partial charge on any atom is -0.444 e. The van der Waals surface area contributed by atoms with Crippen molar-refractivity contribution in [1.82, 2.24) is 9.71 Å². The van der Waals surface area contributed by atoms with Crippen molar-refractivity contribution in [2.45, 2.75) is 25.3 Å². The quantitative estimate of drug-likeness (QED) is 0.833. The van der Waals surface area contributed by atoms with Crippen LogP contribution in [0.15, 0.2) is 27.5 Å². The molecule has 0 bridgehead atoms. The van der Waals surface area contributed by atoms with Crippen molar-refractivity contribution in [3.8, 4) is 0 Å². The zero-order valence-corrected chi connectivity index (χ0v) is 11.8. The molecule has 0 aliphatic heterocycles. The molecule has 8 heteroatoms. The predicted octanol–water partition coefficient (Wildman–Crippen LogP) is 1.49. The number of aryl methyl sites for hydroxylation is 2. The van der Waals surface area contributed by atoms with Crippen molar-refractivity contribution in [3.63, 3.8) is 0 Å². The Balaban J connectivity index is 2.16. The van der Waals surface area contributed by atoms with Crippen LogP contribution in [0.3, 0.4) is 0 Å². The summed E-state index contributed by atoms with van der Waals surface area (Å²) in [5.74, 6) is 0.229. The van der Waals surface area contributed by atoms with Crippen LogP contribution < -0.4 is 10.5 Å². The van der Waals surface area contributed by atoms with Gasteiger partial charge in [0.15, 0.2) is 0 Å². The molecule has 6 nitrogen and oxygen atoms in total. The van der Waals surface area contributed by atoms with Gasteiger partial charge in [0.25, 0.3) is 0 Å². The van der Waals surface area contributed by atoms with Gasteiger partial charge in [-0.05, 0) is 32.0 Å². The van der Waals surface area contributed by atoms with Crippen LogP contribution in [0.4, 0.5) is 10.1 Å². The summed E-state index contributed by atoms with van der Waals surface area (Å²) in [6.07, 6.45) is 0. The Morgan fingerprint density at radius 2 is 2.10 bits per heavy atom. The molecule has 0 atom stereocenters. The number of aromatic nitrogens is 1. The number of anilines is 1. The molecule has 0 radical (unpaired) electrons. The van der Waals surface area contributed by atoms with Gasteiger partial charge in [0, 0.05) is 0 Å². The lowest BCUT2D eigenvalue weighted by Gasteiger charge is -2.06. The monoisotopic (exact) mass is 299 g/mol. The van der Waals surface area contributed by atoms with Gasteiger partial charge in [-0.3, -0.25) is 0 Å². The van der Waals surface area contributed by atoms with Crippen LogP contribution >= 0.6 is 0 Å². The van der Waals surface area contributed by atoms with Crippen LogP contribution in [-0.2, 0) is 16.6 Å². The first-order chi connectivity index (χ1) is 9.29. The SMILES string of the molecule is Cc1nc(CNS(=O)(=O)c2ccc(F)c(N)c2)oc1C. The van der Waals surface area contributed by atoms with Gasteiger partial charge in [0.05, 0.1) is 22.8 Å². The average molecular weight is 299 g/mol. The number of nitrogen functional groups attached to an aromatic ring is 1. The Kier molecular flexibility index (Phi) is 3.78. The highest BCUT2D eigenvalue weighted by molar-refractivity contribution is 7.89. The number of sulfonamides is 1.